The number of carbonyl (C=O) groups excluding carboxylic acids is 1. The van der Waals surface area contributed by atoms with E-state index < -0.39 is 0 Å². The number of aliphatic hydroxyl groups is 1. The van der Waals surface area contributed by atoms with E-state index in [0.717, 1.165) is 16.8 Å². The first-order valence-corrected chi connectivity index (χ1v) is 11.4. The van der Waals surface area contributed by atoms with E-state index in [0.29, 0.717) is 0 Å². The molecule has 0 saturated carbocycles. The number of carbonyl (C=O) groups is 1. The van der Waals surface area contributed by atoms with Crippen LogP contribution in [0.2, 0.25) is 0 Å². The first-order valence-electron chi connectivity index (χ1n) is 11.4. The second-order valence-corrected chi connectivity index (χ2v) is 10.8. The van der Waals surface area contributed by atoms with E-state index in [1.807, 2.05) is 6.07 Å². The van der Waals surface area contributed by atoms with Crippen LogP contribution in [0.25, 0.3) is 22.2 Å². The largest absolute Gasteiger partial charge is 0.512 e. The van der Waals surface area contributed by atoms with E-state index in [1.54, 1.807) is 0 Å². The molecule has 0 bridgehead atoms. The first-order chi connectivity index (χ1) is 15.1. The normalized spacial score (nSPS) is 12.0. The zero-order valence-corrected chi connectivity index (χ0v) is 24.6. The van der Waals surface area contributed by atoms with Crippen molar-refractivity contribution >= 4 is 16.7 Å². The van der Waals surface area contributed by atoms with Gasteiger partial charge in [0.1, 0.15) is 0 Å². The number of rotatable bonds is 2. The Kier molecular flexibility index (Phi) is 9.99. The molecule has 0 aliphatic carbocycles. The topological polar surface area (TPSA) is 50.2 Å². The molecule has 3 rings (SSSR count). The summed E-state index contributed by atoms with van der Waals surface area (Å²) in [6, 6.07) is 16.5. The van der Waals surface area contributed by atoms with Crippen molar-refractivity contribution in [3.63, 3.8) is 0 Å². The molecule has 3 aromatic rings. The van der Waals surface area contributed by atoms with Gasteiger partial charge >= 0.3 is 0 Å². The van der Waals surface area contributed by atoms with Crippen LogP contribution in [0.5, 0.6) is 0 Å². The fourth-order valence-corrected chi connectivity index (χ4v) is 3.67. The summed E-state index contributed by atoms with van der Waals surface area (Å²) in [5.41, 5.74) is 8.59. The number of aliphatic hydroxyl groups excluding tert-OH is 1. The van der Waals surface area contributed by atoms with Crippen LogP contribution in [0.15, 0.2) is 48.2 Å². The van der Waals surface area contributed by atoms with Crippen molar-refractivity contribution in [2.24, 2.45) is 0 Å². The van der Waals surface area contributed by atoms with Gasteiger partial charge in [0, 0.05) is 31.6 Å². The minimum absolute atomic E-state index is 0. The number of aromatic nitrogens is 1. The molecule has 1 heterocycles. The molecule has 3 nitrogen and oxygen atoms in total. The standard InChI is InChI=1S/C25H30N.C5H8O2.Ir/c1-16-10-9-11-19(17(16)2)22-13-12-20-21(25(6,7)8)14-18(24(3,4)5)15-23(20)26-22;1-4(6)3-5(2)7;/h9-10,12-15H,1-8H3;3,6H,1-2H3;/q-1;;/b;4-3-;. The van der Waals surface area contributed by atoms with Crippen LogP contribution in [-0.2, 0) is 35.7 Å². The molecule has 4 heteroatoms. The first kappa shape index (κ1) is 29.7. The van der Waals surface area contributed by atoms with Gasteiger partial charge in [0.15, 0.2) is 5.78 Å². The molecule has 0 unspecified atom stereocenters. The number of nitrogens with zero attached hydrogens (tertiary/aromatic N) is 1. The summed E-state index contributed by atoms with van der Waals surface area (Å²) in [6.07, 6.45) is 1.17. The van der Waals surface area contributed by atoms with Crippen LogP contribution in [-0.4, -0.2) is 15.9 Å². The Balaban J connectivity index is 0.000000633. The Morgan fingerprint density at radius 1 is 0.971 bits per heavy atom. The molecule has 0 aliphatic heterocycles. The van der Waals surface area contributed by atoms with Crippen LogP contribution in [0.1, 0.15) is 77.6 Å². The quantitative estimate of drug-likeness (QED) is 0.177. The van der Waals surface area contributed by atoms with Gasteiger partial charge in [-0.2, -0.15) is 0 Å². The Morgan fingerprint density at radius 2 is 1.59 bits per heavy atom. The van der Waals surface area contributed by atoms with Gasteiger partial charge < -0.3 is 5.11 Å². The number of hydrogen-bond donors (Lipinski definition) is 1. The molecule has 0 saturated heterocycles. The number of benzene rings is 2. The van der Waals surface area contributed by atoms with E-state index >= 15 is 0 Å². The average Bonchev–Trinajstić information content (AvgIpc) is 2.66. The van der Waals surface area contributed by atoms with Crippen LogP contribution >= 0.6 is 0 Å². The second kappa shape index (κ2) is 11.4. The third-order valence-corrected chi connectivity index (χ3v) is 5.68. The van der Waals surface area contributed by atoms with Gasteiger partial charge in [-0.05, 0) is 47.6 Å². The Morgan fingerprint density at radius 3 is 2.06 bits per heavy atom. The number of ketones is 1. The maximum atomic E-state index is 10.0. The third-order valence-electron chi connectivity index (χ3n) is 5.68. The summed E-state index contributed by atoms with van der Waals surface area (Å²) in [7, 11) is 0. The van der Waals surface area contributed by atoms with Crippen molar-refractivity contribution in [2.45, 2.75) is 80.1 Å². The van der Waals surface area contributed by atoms with E-state index in [2.05, 4.69) is 91.8 Å². The molecule has 1 aromatic heterocycles. The molecule has 1 N–H and O–H groups in total. The monoisotopic (exact) mass is 637 g/mol. The minimum Gasteiger partial charge on any atom is -0.512 e. The van der Waals surface area contributed by atoms with Crippen molar-refractivity contribution in [1.82, 2.24) is 4.98 Å². The summed E-state index contributed by atoms with van der Waals surface area (Å²) in [5.74, 6) is -0.0625. The molecule has 0 spiro atoms. The van der Waals surface area contributed by atoms with Crippen molar-refractivity contribution in [2.75, 3.05) is 0 Å². The predicted octanol–water partition coefficient (Wildman–Crippen LogP) is 7.95. The molecule has 0 atom stereocenters. The molecule has 34 heavy (non-hydrogen) atoms. The van der Waals surface area contributed by atoms with E-state index in [1.165, 1.54) is 47.6 Å². The van der Waals surface area contributed by atoms with Gasteiger partial charge in [-0.3, -0.25) is 9.78 Å². The van der Waals surface area contributed by atoms with E-state index in [9.17, 15) is 4.79 Å². The van der Waals surface area contributed by atoms with Crippen LogP contribution < -0.4 is 0 Å². The summed E-state index contributed by atoms with van der Waals surface area (Å²) in [5, 5.41) is 9.61. The van der Waals surface area contributed by atoms with E-state index in [4.69, 9.17) is 10.1 Å². The maximum absolute atomic E-state index is 10.0. The van der Waals surface area contributed by atoms with Gasteiger partial charge in [-0.25, -0.2) is 0 Å². The second-order valence-electron chi connectivity index (χ2n) is 10.8. The molecular weight excluding hydrogens is 599 g/mol. The van der Waals surface area contributed by atoms with Crippen LogP contribution in [0.4, 0.5) is 0 Å². The van der Waals surface area contributed by atoms with Gasteiger partial charge in [-0.1, -0.05) is 73.6 Å². The Labute approximate surface area is 219 Å². The Hall–Kier alpha value is -2.29. The van der Waals surface area contributed by atoms with Gasteiger partial charge in [0.25, 0.3) is 0 Å². The zero-order chi connectivity index (χ0) is 25.1. The van der Waals surface area contributed by atoms with Gasteiger partial charge in [0.2, 0.25) is 0 Å². The maximum Gasteiger partial charge on any atom is 0.155 e. The molecule has 0 fully saturated rings. The zero-order valence-electron chi connectivity index (χ0n) is 22.2. The van der Waals surface area contributed by atoms with Crippen LogP contribution in [0, 0.1) is 19.9 Å². The van der Waals surface area contributed by atoms with Crippen molar-refractivity contribution in [1.29, 1.82) is 0 Å². The summed E-state index contributed by atoms with van der Waals surface area (Å²) in [4.78, 5) is 15.1. The predicted molar refractivity (Wildman–Crippen MR) is 140 cm³/mol. The molecule has 185 valence electrons. The summed E-state index contributed by atoms with van der Waals surface area (Å²) < 4.78 is 0. The summed E-state index contributed by atoms with van der Waals surface area (Å²) >= 11 is 0. The molecule has 0 aliphatic rings. The SMILES string of the molecule is CC(=O)/C=C(/C)O.Cc1cc[c-]c(-c2ccc3c(C(C)(C)C)cc(C(C)(C)C)cc3n2)c1C.[Ir]. The number of aryl methyl sites for hydroxylation is 1. The third kappa shape index (κ3) is 7.61. The van der Waals surface area contributed by atoms with Crippen molar-refractivity contribution in [3.05, 3.63) is 76.6 Å². The number of hydrogen-bond acceptors (Lipinski definition) is 3. The van der Waals surface area contributed by atoms with Gasteiger partial charge in [-0.15, -0.1) is 34.9 Å². The molecule has 0 amide bonds. The smallest absolute Gasteiger partial charge is 0.155 e. The number of allylic oxidation sites excluding steroid dienone is 2. The summed E-state index contributed by atoms with van der Waals surface area (Å²) in [6.45, 7) is 20.8. The van der Waals surface area contributed by atoms with Crippen molar-refractivity contribution in [3.8, 4) is 11.3 Å². The minimum atomic E-state index is -0.125. The van der Waals surface area contributed by atoms with Gasteiger partial charge in [0.05, 0.1) is 11.3 Å². The van der Waals surface area contributed by atoms with Crippen LogP contribution in [0.3, 0.4) is 0 Å². The average molecular weight is 637 g/mol. The fourth-order valence-electron chi connectivity index (χ4n) is 3.67. The Bertz CT molecular complexity index is 1190. The van der Waals surface area contributed by atoms with E-state index in [-0.39, 0.29) is 42.5 Å². The molecule has 2 aromatic carbocycles. The molecular formula is C30H38IrNO2-. The number of fused-ring (bicyclic) bond motifs is 1. The fraction of sp³-hybridized carbons (Fsp3) is 0.400. The molecule has 1 radical (unpaired) electrons. The number of pyridine rings is 1. The van der Waals surface area contributed by atoms with Crippen molar-refractivity contribution < 1.29 is 30.0 Å².